The first-order chi connectivity index (χ1) is 10.5. The number of hydrogen-bond acceptors (Lipinski definition) is 4. The molecule has 2 aromatic rings. The highest BCUT2D eigenvalue weighted by atomic mass is 16.5. The van der Waals surface area contributed by atoms with Crippen LogP contribution in [0, 0.1) is 0 Å². The van der Waals surface area contributed by atoms with Crippen LogP contribution in [-0.4, -0.2) is 39.4 Å². The summed E-state index contributed by atoms with van der Waals surface area (Å²) in [6, 6.07) is 10.6. The van der Waals surface area contributed by atoms with E-state index in [2.05, 4.69) is 0 Å². The summed E-state index contributed by atoms with van der Waals surface area (Å²) in [5.41, 5.74) is 2.69. The van der Waals surface area contributed by atoms with Crippen LogP contribution in [0.4, 0.5) is 5.69 Å². The maximum atomic E-state index is 11.3. The van der Waals surface area contributed by atoms with E-state index in [-0.39, 0.29) is 5.56 Å². The van der Waals surface area contributed by atoms with Crippen molar-refractivity contribution in [2.75, 3.05) is 33.2 Å². The summed E-state index contributed by atoms with van der Waals surface area (Å²) in [6.45, 7) is 0. The predicted octanol–water partition coefficient (Wildman–Crippen LogP) is 3.14. The van der Waals surface area contributed by atoms with Crippen LogP contribution in [0.15, 0.2) is 36.4 Å². The molecule has 0 aliphatic carbocycles. The Balaban J connectivity index is 2.74. The molecule has 0 fully saturated rings. The maximum Gasteiger partial charge on any atom is 0.335 e. The van der Waals surface area contributed by atoms with Crippen molar-refractivity contribution >= 4 is 11.7 Å². The van der Waals surface area contributed by atoms with Gasteiger partial charge in [0.15, 0.2) is 11.5 Å². The van der Waals surface area contributed by atoms with Crippen molar-refractivity contribution in [1.29, 1.82) is 0 Å². The third kappa shape index (κ3) is 2.83. The van der Waals surface area contributed by atoms with Crippen molar-refractivity contribution in [1.82, 2.24) is 0 Å². The number of methoxy groups -OCH3 is 2. The first-order valence-electron chi connectivity index (χ1n) is 6.75. The highest BCUT2D eigenvalue weighted by Gasteiger charge is 2.17. The van der Waals surface area contributed by atoms with Gasteiger partial charge in [-0.1, -0.05) is 12.1 Å². The third-order valence-corrected chi connectivity index (χ3v) is 3.42. The molecule has 0 aromatic heterocycles. The van der Waals surface area contributed by atoms with Gasteiger partial charge in [0.2, 0.25) is 0 Å². The first-order valence-corrected chi connectivity index (χ1v) is 6.75. The number of nitrogens with zero attached hydrogens (tertiary/aromatic N) is 1. The minimum Gasteiger partial charge on any atom is -0.493 e. The lowest BCUT2D eigenvalue weighted by atomic mass is 9.99. The smallest absolute Gasteiger partial charge is 0.335 e. The number of anilines is 1. The zero-order valence-electron chi connectivity index (χ0n) is 13.1. The summed E-state index contributed by atoms with van der Waals surface area (Å²) in [4.78, 5) is 13.2. The molecule has 22 heavy (non-hydrogen) atoms. The van der Waals surface area contributed by atoms with Gasteiger partial charge in [-0.3, -0.25) is 0 Å². The number of hydrogen-bond donors (Lipinski definition) is 1. The van der Waals surface area contributed by atoms with Crippen molar-refractivity contribution in [3.8, 4) is 22.6 Å². The number of benzene rings is 2. The minimum atomic E-state index is -0.964. The van der Waals surface area contributed by atoms with E-state index >= 15 is 0 Å². The van der Waals surface area contributed by atoms with Crippen molar-refractivity contribution < 1.29 is 19.4 Å². The summed E-state index contributed by atoms with van der Waals surface area (Å²) in [6.07, 6.45) is 0. The van der Waals surface area contributed by atoms with E-state index in [1.54, 1.807) is 38.5 Å². The molecule has 0 unspecified atom stereocenters. The second-order valence-corrected chi connectivity index (χ2v) is 4.97. The van der Waals surface area contributed by atoms with Crippen LogP contribution >= 0.6 is 0 Å². The van der Waals surface area contributed by atoms with Crippen LogP contribution in [0.3, 0.4) is 0 Å². The summed E-state index contributed by atoms with van der Waals surface area (Å²) in [5, 5.41) is 9.24. The number of carbonyl (C=O) groups is 1. The molecule has 2 rings (SSSR count). The molecule has 0 radical (unpaired) electrons. The van der Waals surface area contributed by atoms with Gasteiger partial charge in [0.1, 0.15) is 0 Å². The van der Waals surface area contributed by atoms with Gasteiger partial charge in [-0.2, -0.15) is 0 Å². The average molecular weight is 301 g/mol. The van der Waals surface area contributed by atoms with Crippen LogP contribution in [-0.2, 0) is 0 Å². The zero-order valence-corrected chi connectivity index (χ0v) is 13.1. The van der Waals surface area contributed by atoms with E-state index in [0.29, 0.717) is 11.5 Å². The Bertz CT molecular complexity index is 695. The zero-order chi connectivity index (χ0) is 16.3. The summed E-state index contributed by atoms with van der Waals surface area (Å²) in [5.74, 6) is 0.217. The molecule has 0 heterocycles. The number of para-hydroxylation sites is 1. The number of aromatic carboxylic acids is 1. The molecule has 2 aromatic carbocycles. The molecule has 0 amide bonds. The van der Waals surface area contributed by atoms with Crippen LogP contribution in [0.2, 0.25) is 0 Å². The molecule has 0 spiro atoms. The third-order valence-electron chi connectivity index (χ3n) is 3.42. The Hall–Kier alpha value is -2.69. The van der Waals surface area contributed by atoms with Crippen LogP contribution in [0.1, 0.15) is 10.4 Å². The van der Waals surface area contributed by atoms with Gasteiger partial charge in [0, 0.05) is 30.9 Å². The van der Waals surface area contributed by atoms with E-state index in [1.807, 2.05) is 31.1 Å². The highest BCUT2D eigenvalue weighted by Crippen LogP contribution is 2.41. The summed E-state index contributed by atoms with van der Waals surface area (Å²) in [7, 11) is 6.96. The Morgan fingerprint density at radius 2 is 1.77 bits per heavy atom. The second kappa shape index (κ2) is 6.39. The van der Waals surface area contributed by atoms with Crippen molar-refractivity contribution in [2.45, 2.75) is 0 Å². The standard InChI is InChI=1S/C17H19NO4/c1-18(2)14-9-8-11(17(19)20)10-13(14)12-6-5-7-15(21-3)16(12)22-4/h5-10H,1-4H3,(H,19,20). The average Bonchev–Trinajstić information content (AvgIpc) is 2.53. The molecule has 0 saturated heterocycles. The second-order valence-electron chi connectivity index (χ2n) is 4.97. The van der Waals surface area contributed by atoms with E-state index < -0.39 is 5.97 Å². The van der Waals surface area contributed by atoms with Crippen molar-refractivity contribution in [2.24, 2.45) is 0 Å². The van der Waals surface area contributed by atoms with Crippen LogP contribution in [0.25, 0.3) is 11.1 Å². The molecule has 116 valence electrons. The first kappa shape index (κ1) is 15.7. The maximum absolute atomic E-state index is 11.3. The van der Waals surface area contributed by atoms with Crippen molar-refractivity contribution in [3.63, 3.8) is 0 Å². The molecule has 5 heteroatoms. The van der Waals surface area contributed by atoms with E-state index in [1.165, 1.54) is 0 Å². The molecule has 0 saturated carbocycles. The Kier molecular flexibility index (Phi) is 4.56. The van der Waals surface area contributed by atoms with Crippen molar-refractivity contribution in [3.05, 3.63) is 42.0 Å². The fourth-order valence-corrected chi connectivity index (χ4v) is 2.37. The lowest BCUT2D eigenvalue weighted by Gasteiger charge is -2.20. The fraction of sp³-hybridized carbons (Fsp3) is 0.235. The number of carboxylic acid groups (broad SMARTS) is 1. The molecule has 0 bridgehead atoms. The quantitative estimate of drug-likeness (QED) is 0.919. The van der Waals surface area contributed by atoms with Gasteiger partial charge >= 0.3 is 5.97 Å². The molecule has 0 atom stereocenters. The molecule has 5 nitrogen and oxygen atoms in total. The van der Waals surface area contributed by atoms with E-state index in [4.69, 9.17) is 9.47 Å². The number of carboxylic acids is 1. The summed E-state index contributed by atoms with van der Waals surface area (Å²) < 4.78 is 10.8. The molecule has 1 N–H and O–H groups in total. The fourth-order valence-electron chi connectivity index (χ4n) is 2.37. The molecular formula is C17H19NO4. The highest BCUT2D eigenvalue weighted by molar-refractivity contribution is 5.93. The predicted molar refractivity (Wildman–Crippen MR) is 86.3 cm³/mol. The number of ether oxygens (including phenoxy) is 2. The van der Waals surface area contributed by atoms with Crippen LogP contribution in [0.5, 0.6) is 11.5 Å². The summed E-state index contributed by atoms with van der Waals surface area (Å²) >= 11 is 0. The van der Waals surface area contributed by atoms with Gasteiger partial charge in [-0.05, 0) is 24.3 Å². The Morgan fingerprint density at radius 3 is 2.32 bits per heavy atom. The van der Waals surface area contributed by atoms with E-state index in [9.17, 15) is 9.90 Å². The molecule has 0 aliphatic heterocycles. The van der Waals surface area contributed by atoms with Gasteiger partial charge in [0.05, 0.1) is 19.8 Å². The van der Waals surface area contributed by atoms with Gasteiger partial charge in [-0.25, -0.2) is 4.79 Å². The van der Waals surface area contributed by atoms with Gasteiger partial charge in [0.25, 0.3) is 0 Å². The Morgan fingerprint density at radius 1 is 1.05 bits per heavy atom. The van der Waals surface area contributed by atoms with Gasteiger partial charge in [-0.15, -0.1) is 0 Å². The SMILES string of the molecule is COc1cccc(-c2cc(C(=O)O)ccc2N(C)C)c1OC. The molecule has 0 aliphatic rings. The minimum absolute atomic E-state index is 0.227. The largest absolute Gasteiger partial charge is 0.493 e. The van der Waals surface area contributed by atoms with E-state index in [0.717, 1.165) is 16.8 Å². The van der Waals surface area contributed by atoms with Crippen LogP contribution < -0.4 is 14.4 Å². The monoisotopic (exact) mass is 301 g/mol. The lowest BCUT2D eigenvalue weighted by molar-refractivity contribution is 0.0697. The lowest BCUT2D eigenvalue weighted by Crippen LogP contribution is -2.11. The number of rotatable bonds is 5. The normalized spacial score (nSPS) is 10.2. The molecular weight excluding hydrogens is 282 g/mol. The Labute approximate surface area is 129 Å². The van der Waals surface area contributed by atoms with Gasteiger partial charge < -0.3 is 19.5 Å². The topological polar surface area (TPSA) is 59.0 Å².